The Morgan fingerprint density at radius 1 is 1.08 bits per heavy atom. The Kier molecular flexibility index (Phi) is 5.63. The van der Waals surface area contributed by atoms with Crippen LogP contribution in [-0.2, 0) is 11.2 Å². The number of benzene rings is 2. The summed E-state index contributed by atoms with van der Waals surface area (Å²) in [5.41, 5.74) is 1.51. The van der Waals surface area contributed by atoms with Gasteiger partial charge in [-0.2, -0.15) is 0 Å². The molecule has 2 N–H and O–H groups in total. The number of rotatable bonds is 6. The van der Waals surface area contributed by atoms with Gasteiger partial charge in [0.2, 0.25) is 5.91 Å². The summed E-state index contributed by atoms with van der Waals surface area (Å²) < 4.78 is 26.1. The van der Waals surface area contributed by atoms with Crippen molar-refractivity contribution < 1.29 is 23.5 Å². The second-order valence-corrected chi connectivity index (χ2v) is 5.46. The van der Waals surface area contributed by atoms with E-state index >= 15 is 0 Å². The number of amides is 1. The molecule has 1 amide bonds. The molecule has 2 aromatic rings. The van der Waals surface area contributed by atoms with Crippen LogP contribution in [-0.4, -0.2) is 17.0 Å². The molecule has 0 fully saturated rings. The number of carboxylic acid groups (broad SMARTS) is 1. The van der Waals surface area contributed by atoms with E-state index in [9.17, 15) is 18.4 Å². The molecular formula is C18H17F2NO3. The van der Waals surface area contributed by atoms with Gasteiger partial charge in [-0.1, -0.05) is 18.2 Å². The van der Waals surface area contributed by atoms with Crippen molar-refractivity contribution in [3.05, 3.63) is 70.8 Å². The van der Waals surface area contributed by atoms with Crippen molar-refractivity contribution >= 4 is 11.9 Å². The van der Waals surface area contributed by atoms with Crippen molar-refractivity contribution in [3.8, 4) is 0 Å². The molecule has 1 atom stereocenters. The van der Waals surface area contributed by atoms with Crippen molar-refractivity contribution in [1.82, 2.24) is 5.32 Å². The van der Waals surface area contributed by atoms with E-state index in [0.29, 0.717) is 12.0 Å². The Hall–Kier alpha value is -2.76. The van der Waals surface area contributed by atoms with Crippen LogP contribution < -0.4 is 5.32 Å². The van der Waals surface area contributed by atoms with E-state index in [2.05, 4.69) is 5.32 Å². The first kappa shape index (κ1) is 17.6. The quantitative estimate of drug-likeness (QED) is 0.850. The summed E-state index contributed by atoms with van der Waals surface area (Å²) in [6.45, 7) is 1.69. The molecule has 0 aromatic heterocycles. The molecule has 0 aliphatic heterocycles. The van der Waals surface area contributed by atoms with E-state index in [4.69, 9.17) is 5.11 Å². The minimum absolute atomic E-state index is 0.190. The highest BCUT2D eigenvalue weighted by molar-refractivity contribution is 5.87. The van der Waals surface area contributed by atoms with E-state index in [1.807, 2.05) is 0 Å². The van der Waals surface area contributed by atoms with Gasteiger partial charge < -0.3 is 10.4 Å². The number of halogens is 2. The molecule has 0 aliphatic rings. The predicted molar refractivity (Wildman–Crippen MR) is 84.6 cm³/mol. The third kappa shape index (κ3) is 4.62. The molecule has 0 bridgehead atoms. The first-order valence-electron chi connectivity index (χ1n) is 7.43. The molecule has 0 radical (unpaired) electrons. The van der Waals surface area contributed by atoms with E-state index in [-0.39, 0.29) is 17.9 Å². The number of aromatic carboxylic acids is 1. The van der Waals surface area contributed by atoms with Crippen molar-refractivity contribution in [2.24, 2.45) is 0 Å². The average Bonchev–Trinajstić information content (AvgIpc) is 2.55. The normalized spacial score (nSPS) is 11.8. The zero-order valence-electron chi connectivity index (χ0n) is 13.1. The maximum atomic E-state index is 13.2. The van der Waals surface area contributed by atoms with Crippen LogP contribution in [0.3, 0.4) is 0 Å². The third-order valence-corrected chi connectivity index (χ3v) is 3.66. The molecule has 126 valence electrons. The first-order valence-corrected chi connectivity index (χ1v) is 7.43. The van der Waals surface area contributed by atoms with Gasteiger partial charge in [0.05, 0.1) is 11.6 Å². The Balaban J connectivity index is 1.88. The highest BCUT2D eigenvalue weighted by atomic mass is 19.2. The minimum Gasteiger partial charge on any atom is -0.478 e. The Labute approximate surface area is 138 Å². The van der Waals surface area contributed by atoms with Crippen LogP contribution >= 0.6 is 0 Å². The van der Waals surface area contributed by atoms with E-state index < -0.39 is 23.6 Å². The van der Waals surface area contributed by atoms with Crippen molar-refractivity contribution in [1.29, 1.82) is 0 Å². The lowest BCUT2D eigenvalue weighted by molar-refractivity contribution is -0.121. The number of carbonyl (C=O) groups is 2. The van der Waals surface area contributed by atoms with Gasteiger partial charge in [0.15, 0.2) is 11.6 Å². The smallest absolute Gasteiger partial charge is 0.335 e. The van der Waals surface area contributed by atoms with Gasteiger partial charge in [-0.3, -0.25) is 4.79 Å². The second kappa shape index (κ2) is 7.68. The van der Waals surface area contributed by atoms with Crippen molar-refractivity contribution in [2.75, 3.05) is 0 Å². The van der Waals surface area contributed by atoms with Crippen LogP contribution in [0.25, 0.3) is 0 Å². The molecule has 2 aromatic carbocycles. The van der Waals surface area contributed by atoms with Gasteiger partial charge >= 0.3 is 5.97 Å². The SMILES string of the molecule is CC(NC(=O)CCc1ccc(C(=O)O)cc1)c1ccc(F)c(F)c1. The summed E-state index contributed by atoms with van der Waals surface area (Å²) in [7, 11) is 0. The van der Waals surface area contributed by atoms with Crippen LogP contribution in [0.5, 0.6) is 0 Å². The summed E-state index contributed by atoms with van der Waals surface area (Å²) >= 11 is 0. The lowest BCUT2D eigenvalue weighted by atomic mass is 10.1. The molecule has 0 heterocycles. The Morgan fingerprint density at radius 2 is 1.75 bits per heavy atom. The number of aryl methyl sites for hydroxylation is 1. The first-order chi connectivity index (χ1) is 11.4. The molecule has 24 heavy (non-hydrogen) atoms. The number of carboxylic acids is 1. The number of carbonyl (C=O) groups excluding carboxylic acids is 1. The summed E-state index contributed by atoms with van der Waals surface area (Å²) in [5, 5.41) is 11.5. The van der Waals surface area contributed by atoms with E-state index in [1.165, 1.54) is 18.2 Å². The second-order valence-electron chi connectivity index (χ2n) is 5.46. The van der Waals surface area contributed by atoms with Gasteiger partial charge in [-0.25, -0.2) is 13.6 Å². The molecule has 0 spiro atoms. The van der Waals surface area contributed by atoms with Gasteiger partial charge in [0.25, 0.3) is 0 Å². The fraction of sp³-hybridized carbons (Fsp3) is 0.222. The summed E-state index contributed by atoms with van der Waals surface area (Å²) in [5.74, 6) is -3.11. The highest BCUT2D eigenvalue weighted by Gasteiger charge is 2.12. The highest BCUT2D eigenvalue weighted by Crippen LogP contribution is 2.16. The molecule has 2 rings (SSSR count). The number of hydrogen-bond donors (Lipinski definition) is 2. The number of hydrogen-bond acceptors (Lipinski definition) is 2. The minimum atomic E-state index is -1.00. The van der Waals surface area contributed by atoms with Gasteiger partial charge in [0.1, 0.15) is 0 Å². The topological polar surface area (TPSA) is 66.4 Å². The summed E-state index contributed by atoms with van der Waals surface area (Å²) in [4.78, 5) is 22.7. The number of nitrogens with one attached hydrogen (secondary N) is 1. The summed E-state index contributed by atoms with van der Waals surface area (Å²) in [6.07, 6.45) is 0.663. The molecular weight excluding hydrogens is 316 g/mol. The van der Waals surface area contributed by atoms with Crippen LogP contribution in [0.2, 0.25) is 0 Å². The molecule has 4 nitrogen and oxygen atoms in total. The zero-order chi connectivity index (χ0) is 17.7. The van der Waals surface area contributed by atoms with Crippen LogP contribution in [0.1, 0.15) is 40.9 Å². The van der Waals surface area contributed by atoms with Gasteiger partial charge in [-0.15, -0.1) is 0 Å². The van der Waals surface area contributed by atoms with Crippen molar-refractivity contribution in [3.63, 3.8) is 0 Å². The Bertz CT molecular complexity index is 744. The van der Waals surface area contributed by atoms with Gasteiger partial charge in [0, 0.05) is 6.42 Å². The van der Waals surface area contributed by atoms with Crippen LogP contribution in [0, 0.1) is 11.6 Å². The molecule has 0 saturated heterocycles. The summed E-state index contributed by atoms with van der Waals surface area (Å²) in [6, 6.07) is 9.36. The molecule has 6 heteroatoms. The largest absolute Gasteiger partial charge is 0.478 e. The van der Waals surface area contributed by atoms with Crippen LogP contribution in [0.15, 0.2) is 42.5 Å². The van der Waals surface area contributed by atoms with E-state index in [0.717, 1.165) is 17.7 Å². The monoisotopic (exact) mass is 333 g/mol. The van der Waals surface area contributed by atoms with Crippen LogP contribution in [0.4, 0.5) is 8.78 Å². The zero-order valence-corrected chi connectivity index (χ0v) is 13.1. The fourth-order valence-electron chi connectivity index (χ4n) is 2.25. The molecule has 0 saturated carbocycles. The maximum absolute atomic E-state index is 13.2. The molecule has 1 unspecified atom stereocenters. The lowest BCUT2D eigenvalue weighted by Crippen LogP contribution is -2.26. The fourth-order valence-corrected chi connectivity index (χ4v) is 2.25. The lowest BCUT2D eigenvalue weighted by Gasteiger charge is -2.14. The van der Waals surface area contributed by atoms with Crippen molar-refractivity contribution in [2.45, 2.75) is 25.8 Å². The maximum Gasteiger partial charge on any atom is 0.335 e. The van der Waals surface area contributed by atoms with Gasteiger partial charge in [-0.05, 0) is 48.7 Å². The standard InChI is InChI=1S/C18H17F2NO3/c1-11(14-7-8-15(19)16(20)10-14)21-17(22)9-4-12-2-5-13(6-3-12)18(23)24/h2-3,5-8,10-11H,4,9H2,1H3,(H,21,22)(H,23,24). The predicted octanol–water partition coefficient (Wildman–Crippen LogP) is 3.47. The molecule has 0 aliphatic carbocycles. The van der Waals surface area contributed by atoms with E-state index in [1.54, 1.807) is 19.1 Å². The average molecular weight is 333 g/mol. The Morgan fingerprint density at radius 3 is 2.33 bits per heavy atom. The third-order valence-electron chi connectivity index (χ3n) is 3.66.